The van der Waals surface area contributed by atoms with Crippen LogP contribution >= 0.6 is 0 Å². The molecule has 2 N–H and O–H groups in total. The minimum Gasteiger partial charge on any atom is -0.390 e. The van der Waals surface area contributed by atoms with Crippen LogP contribution < -0.4 is 5.32 Å². The number of aliphatic hydroxyl groups excluding tert-OH is 1. The van der Waals surface area contributed by atoms with Crippen molar-refractivity contribution < 1.29 is 19.4 Å². The summed E-state index contributed by atoms with van der Waals surface area (Å²) in [5.41, 5.74) is 5.14. The molecule has 1 unspecified atom stereocenters. The van der Waals surface area contributed by atoms with Gasteiger partial charge >= 0.3 is 0 Å². The molecule has 36 heavy (non-hydrogen) atoms. The molecule has 0 aromatic heterocycles. The zero-order chi connectivity index (χ0) is 24.7. The standard InChI is InChI=1S/C29H35N3O4/c33-24(17-31-12-7-20-3-1-2-4-22(20)16-31)18-32-19-29(10-11-29)26-6-5-23(15-25(26)28(32)35)30-27(34)21-8-13-36-14-9-21/h1-6,15,21,24,33H,7-14,16-19H2,(H,30,34). The SMILES string of the molecule is O=C(Nc1ccc2c(c1)C(=O)N(CC(O)CN1CCc3ccccc3C1)CC21CC1)C1CCOCC1. The van der Waals surface area contributed by atoms with Gasteiger partial charge in [-0.2, -0.15) is 0 Å². The van der Waals surface area contributed by atoms with Crippen LogP contribution in [0.25, 0.3) is 0 Å². The molecular formula is C29H35N3O4. The number of amides is 2. The summed E-state index contributed by atoms with van der Waals surface area (Å²) in [7, 11) is 0. The van der Waals surface area contributed by atoms with E-state index in [2.05, 4.69) is 34.5 Å². The van der Waals surface area contributed by atoms with Gasteiger partial charge in [-0.05, 0) is 60.9 Å². The first-order valence-electron chi connectivity index (χ1n) is 13.3. The van der Waals surface area contributed by atoms with Gasteiger partial charge in [-0.3, -0.25) is 14.5 Å². The van der Waals surface area contributed by atoms with E-state index in [-0.39, 0.29) is 23.1 Å². The fourth-order valence-corrected chi connectivity index (χ4v) is 6.20. The lowest BCUT2D eigenvalue weighted by Crippen LogP contribution is -2.49. The lowest BCUT2D eigenvalue weighted by atomic mass is 9.86. The van der Waals surface area contributed by atoms with E-state index in [0.717, 1.165) is 50.8 Å². The van der Waals surface area contributed by atoms with Crippen LogP contribution in [0.4, 0.5) is 5.69 Å². The minimum absolute atomic E-state index is 0.00183. The topological polar surface area (TPSA) is 82.1 Å². The summed E-state index contributed by atoms with van der Waals surface area (Å²) < 4.78 is 5.37. The summed E-state index contributed by atoms with van der Waals surface area (Å²) in [6, 6.07) is 14.3. The van der Waals surface area contributed by atoms with Crippen molar-refractivity contribution in [3.63, 3.8) is 0 Å². The van der Waals surface area contributed by atoms with Crippen LogP contribution in [0, 0.1) is 5.92 Å². The smallest absolute Gasteiger partial charge is 0.254 e. The van der Waals surface area contributed by atoms with E-state index in [0.29, 0.717) is 44.1 Å². The van der Waals surface area contributed by atoms with Gasteiger partial charge in [-0.1, -0.05) is 30.3 Å². The first-order valence-corrected chi connectivity index (χ1v) is 13.3. The van der Waals surface area contributed by atoms with Crippen LogP contribution in [-0.2, 0) is 27.9 Å². The number of benzene rings is 2. The van der Waals surface area contributed by atoms with Gasteiger partial charge in [-0.25, -0.2) is 0 Å². The molecule has 1 spiro atoms. The maximum absolute atomic E-state index is 13.5. The second-order valence-corrected chi connectivity index (χ2v) is 11.0. The molecule has 1 saturated carbocycles. The van der Waals surface area contributed by atoms with Gasteiger partial charge in [0.15, 0.2) is 0 Å². The number of ether oxygens (including phenoxy) is 1. The van der Waals surface area contributed by atoms with Gasteiger partial charge < -0.3 is 20.1 Å². The minimum atomic E-state index is -0.604. The normalized spacial score (nSPS) is 22.1. The number of nitrogens with zero attached hydrogens (tertiary/aromatic N) is 2. The molecule has 1 aliphatic carbocycles. The number of aliphatic hydroxyl groups is 1. The molecule has 6 rings (SSSR count). The molecule has 3 heterocycles. The van der Waals surface area contributed by atoms with Crippen molar-refractivity contribution in [1.82, 2.24) is 9.80 Å². The van der Waals surface area contributed by atoms with Gasteiger partial charge in [0, 0.05) is 68.5 Å². The highest BCUT2D eigenvalue weighted by Gasteiger charge is 2.51. The van der Waals surface area contributed by atoms with Crippen LogP contribution in [0.1, 0.15) is 52.7 Å². The number of anilines is 1. The zero-order valence-corrected chi connectivity index (χ0v) is 20.7. The van der Waals surface area contributed by atoms with Crippen molar-refractivity contribution in [3.8, 4) is 0 Å². The number of β-amino-alcohol motifs (C(OH)–C–C–N with tert-alkyl or cyclic N) is 1. The van der Waals surface area contributed by atoms with Crippen molar-refractivity contribution in [3.05, 3.63) is 64.7 Å². The summed E-state index contributed by atoms with van der Waals surface area (Å²) in [5, 5.41) is 14.0. The lowest BCUT2D eigenvalue weighted by Gasteiger charge is -2.37. The molecule has 7 heteroatoms. The molecule has 3 aliphatic heterocycles. The monoisotopic (exact) mass is 489 g/mol. The van der Waals surface area contributed by atoms with Gasteiger partial charge in [0.05, 0.1) is 6.10 Å². The first kappa shape index (κ1) is 23.6. The Morgan fingerprint density at radius 1 is 1.11 bits per heavy atom. The number of carbonyl (C=O) groups is 2. The van der Waals surface area contributed by atoms with Gasteiger partial charge in [0.2, 0.25) is 5.91 Å². The highest BCUT2D eigenvalue weighted by atomic mass is 16.5. The Balaban J connectivity index is 1.13. The van der Waals surface area contributed by atoms with Gasteiger partial charge in [0.1, 0.15) is 0 Å². The van der Waals surface area contributed by atoms with Crippen molar-refractivity contribution >= 4 is 17.5 Å². The van der Waals surface area contributed by atoms with Gasteiger partial charge in [0.25, 0.3) is 5.91 Å². The van der Waals surface area contributed by atoms with Crippen LogP contribution in [0.15, 0.2) is 42.5 Å². The molecule has 190 valence electrons. The summed E-state index contributed by atoms with van der Waals surface area (Å²) in [6.07, 6.45) is 3.95. The van der Waals surface area contributed by atoms with E-state index in [9.17, 15) is 14.7 Å². The first-order chi connectivity index (χ1) is 17.5. The van der Waals surface area contributed by atoms with E-state index < -0.39 is 6.10 Å². The molecule has 1 saturated heterocycles. The number of hydrogen-bond acceptors (Lipinski definition) is 5. The van der Waals surface area contributed by atoms with Crippen LogP contribution in [0.3, 0.4) is 0 Å². The maximum Gasteiger partial charge on any atom is 0.254 e. The predicted octanol–water partition coefficient (Wildman–Crippen LogP) is 2.96. The molecule has 2 amide bonds. The van der Waals surface area contributed by atoms with Crippen LogP contribution in [-0.4, -0.2) is 72.2 Å². The van der Waals surface area contributed by atoms with E-state index in [1.807, 2.05) is 23.1 Å². The maximum atomic E-state index is 13.5. The summed E-state index contributed by atoms with van der Waals surface area (Å²) in [6.45, 7) is 4.53. The van der Waals surface area contributed by atoms with Crippen molar-refractivity contribution in [2.75, 3.05) is 44.7 Å². The molecule has 2 aromatic carbocycles. The van der Waals surface area contributed by atoms with E-state index in [4.69, 9.17) is 4.74 Å². The van der Waals surface area contributed by atoms with E-state index in [1.54, 1.807) is 0 Å². The summed E-state index contributed by atoms with van der Waals surface area (Å²) in [5.74, 6) is -0.0978. The highest BCUT2D eigenvalue weighted by molar-refractivity contribution is 6.00. The number of carbonyl (C=O) groups excluding carboxylic acids is 2. The number of hydrogen-bond donors (Lipinski definition) is 2. The van der Waals surface area contributed by atoms with Crippen molar-refractivity contribution in [2.24, 2.45) is 5.92 Å². The lowest BCUT2D eigenvalue weighted by molar-refractivity contribution is -0.122. The molecule has 7 nitrogen and oxygen atoms in total. The van der Waals surface area contributed by atoms with Gasteiger partial charge in [-0.15, -0.1) is 0 Å². The average Bonchev–Trinajstić information content (AvgIpc) is 3.67. The molecule has 1 atom stereocenters. The molecular weight excluding hydrogens is 454 g/mol. The van der Waals surface area contributed by atoms with Crippen LogP contribution in [0.5, 0.6) is 0 Å². The third kappa shape index (κ3) is 4.67. The van der Waals surface area contributed by atoms with Crippen molar-refractivity contribution in [2.45, 2.75) is 50.2 Å². The summed E-state index contributed by atoms with van der Waals surface area (Å²) >= 11 is 0. The molecule has 0 bridgehead atoms. The molecule has 2 fully saturated rings. The Bertz CT molecular complexity index is 1150. The Morgan fingerprint density at radius 3 is 2.67 bits per heavy atom. The summed E-state index contributed by atoms with van der Waals surface area (Å²) in [4.78, 5) is 30.4. The fraction of sp³-hybridized carbons (Fsp3) is 0.517. The fourth-order valence-electron chi connectivity index (χ4n) is 6.20. The molecule has 2 aromatic rings. The molecule has 0 radical (unpaired) electrons. The van der Waals surface area contributed by atoms with E-state index >= 15 is 0 Å². The third-order valence-corrected chi connectivity index (χ3v) is 8.43. The quantitative estimate of drug-likeness (QED) is 0.652. The zero-order valence-electron chi connectivity index (χ0n) is 20.7. The predicted molar refractivity (Wildman–Crippen MR) is 137 cm³/mol. The number of rotatable bonds is 6. The average molecular weight is 490 g/mol. The highest BCUT2D eigenvalue weighted by Crippen LogP contribution is 2.52. The van der Waals surface area contributed by atoms with Crippen LogP contribution in [0.2, 0.25) is 0 Å². The Morgan fingerprint density at radius 2 is 1.89 bits per heavy atom. The van der Waals surface area contributed by atoms with Crippen molar-refractivity contribution in [1.29, 1.82) is 0 Å². The Hall–Kier alpha value is -2.74. The Labute approximate surface area is 212 Å². The largest absolute Gasteiger partial charge is 0.390 e. The second-order valence-electron chi connectivity index (χ2n) is 11.0. The number of fused-ring (bicyclic) bond motifs is 3. The second kappa shape index (κ2) is 9.61. The number of nitrogens with one attached hydrogen (secondary N) is 1. The van der Waals surface area contributed by atoms with E-state index in [1.165, 1.54) is 11.1 Å². The Kier molecular flexibility index (Phi) is 6.32. The third-order valence-electron chi connectivity index (χ3n) is 8.43. The molecule has 4 aliphatic rings.